The van der Waals surface area contributed by atoms with Gasteiger partial charge in [0.05, 0.1) is 5.92 Å². The number of aliphatic hydroxyl groups is 1. The Kier molecular flexibility index (Phi) is 9.95. The first-order valence-corrected chi connectivity index (χ1v) is 8.49. The highest BCUT2D eigenvalue weighted by Gasteiger charge is 2.13. The third kappa shape index (κ3) is 8.75. The third-order valence-corrected chi connectivity index (χ3v) is 4.02. The molecule has 0 amide bonds. The minimum Gasteiger partial charge on any atom is -0.461 e. The lowest BCUT2D eigenvalue weighted by Crippen LogP contribution is -2.29. The van der Waals surface area contributed by atoms with Crippen LogP contribution in [0.5, 0.6) is 0 Å². The second-order valence-corrected chi connectivity index (χ2v) is 6.11. The molecule has 0 aliphatic carbocycles. The number of carbonyl (C=O) groups excluding carboxylic acids is 1. The van der Waals surface area contributed by atoms with Crippen LogP contribution in [0.1, 0.15) is 18.9 Å². The summed E-state index contributed by atoms with van der Waals surface area (Å²) in [5, 5.41) is 11.9. The Labute approximate surface area is 131 Å². The van der Waals surface area contributed by atoms with Crippen molar-refractivity contribution in [2.24, 2.45) is 5.92 Å². The number of aliphatic hydroxyl groups excluding tert-OH is 1. The quantitative estimate of drug-likeness (QED) is 0.484. The Morgan fingerprint density at radius 3 is 2.81 bits per heavy atom. The van der Waals surface area contributed by atoms with E-state index in [0.29, 0.717) is 13.2 Å². The van der Waals surface area contributed by atoms with Crippen LogP contribution in [0.2, 0.25) is 0 Å². The highest BCUT2D eigenvalue weighted by molar-refractivity contribution is 7.99. The number of thioether (sulfide) groups is 1. The second-order valence-electron chi connectivity index (χ2n) is 4.89. The van der Waals surface area contributed by atoms with Crippen molar-refractivity contribution in [2.45, 2.75) is 20.0 Å². The van der Waals surface area contributed by atoms with Crippen molar-refractivity contribution >= 4 is 17.7 Å². The second kappa shape index (κ2) is 11.6. The molecule has 1 aromatic rings. The summed E-state index contributed by atoms with van der Waals surface area (Å²) >= 11 is 1.81. The fraction of sp³-hybridized carbons (Fsp3) is 0.562. The number of hydrogen-bond acceptors (Lipinski definition) is 5. The van der Waals surface area contributed by atoms with E-state index in [-0.39, 0.29) is 18.5 Å². The van der Waals surface area contributed by atoms with E-state index in [1.807, 2.05) is 37.3 Å². The van der Waals surface area contributed by atoms with Gasteiger partial charge in [-0.05, 0) is 17.7 Å². The van der Waals surface area contributed by atoms with E-state index < -0.39 is 0 Å². The summed E-state index contributed by atoms with van der Waals surface area (Å²) in [7, 11) is 0. The topological polar surface area (TPSA) is 58.6 Å². The van der Waals surface area contributed by atoms with Crippen molar-refractivity contribution < 1.29 is 14.6 Å². The van der Waals surface area contributed by atoms with E-state index >= 15 is 0 Å². The maximum Gasteiger partial charge on any atom is 0.310 e. The van der Waals surface area contributed by atoms with Gasteiger partial charge in [-0.15, -0.1) is 0 Å². The molecule has 0 aliphatic rings. The van der Waals surface area contributed by atoms with Crippen LogP contribution in [0.4, 0.5) is 0 Å². The standard InChI is InChI=1S/C16H25NO3S/c1-14(12-17-8-11-21-10-5-9-18)16(19)20-13-15-6-3-2-4-7-15/h2-4,6-7,14,17-18H,5,8-13H2,1H3. The van der Waals surface area contributed by atoms with E-state index in [4.69, 9.17) is 9.84 Å². The zero-order valence-electron chi connectivity index (χ0n) is 12.6. The van der Waals surface area contributed by atoms with Crippen molar-refractivity contribution in [1.29, 1.82) is 0 Å². The van der Waals surface area contributed by atoms with Gasteiger partial charge in [-0.1, -0.05) is 37.3 Å². The third-order valence-electron chi connectivity index (χ3n) is 2.95. The highest BCUT2D eigenvalue weighted by Crippen LogP contribution is 2.05. The molecule has 0 heterocycles. The summed E-state index contributed by atoms with van der Waals surface area (Å²) in [6, 6.07) is 9.70. The number of hydrogen-bond donors (Lipinski definition) is 2. The van der Waals surface area contributed by atoms with Crippen LogP contribution in [0.15, 0.2) is 30.3 Å². The predicted octanol–water partition coefficient (Wildman–Crippen LogP) is 2.07. The first-order chi connectivity index (χ1) is 10.2. The average molecular weight is 311 g/mol. The van der Waals surface area contributed by atoms with Crippen molar-refractivity contribution in [1.82, 2.24) is 5.32 Å². The number of esters is 1. The van der Waals surface area contributed by atoms with E-state index in [9.17, 15) is 4.79 Å². The monoisotopic (exact) mass is 311 g/mol. The van der Waals surface area contributed by atoms with Crippen LogP contribution in [0.3, 0.4) is 0 Å². The predicted molar refractivity (Wildman–Crippen MR) is 87.3 cm³/mol. The van der Waals surface area contributed by atoms with Gasteiger partial charge in [0.2, 0.25) is 0 Å². The molecule has 0 spiro atoms. The summed E-state index contributed by atoms with van der Waals surface area (Å²) < 4.78 is 5.29. The fourth-order valence-corrected chi connectivity index (χ4v) is 2.51. The molecule has 0 aromatic heterocycles. The molecule has 1 unspecified atom stereocenters. The molecule has 1 aromatic carbocycles. The van der Waals surface area contributed by atoms with Crippen molar-refractivity contribution in [3.8, 4) is 0 Å². The first-order valence-electron chi connectivity index (χ1n) is 7.34. The molecule has 21 heavy (non-hydrogen) atoms. The van der Waals surface area contributed by atoms with E-state index in [1.54, 1.807) is 11.8 Å². The Morgan fingerprint density at radius 2 is 2.10 bits per heavy atom. The fourth-order valence-electron chi connectivity index (χ4n) is 1.69. The van der Waals surface area contributed by atoms with Gasteiger partial charge >= 0.3 is 5.97 Å². The molecule has 118 valence electrons. The average Bonchev–Trinajstić information content (AvgIpc) is 2.52. The molecule has 0 radical (unpaired) electrons. The maximum atomic E-state index is 11.8. The molecule has 0 saturated carbocycles. The van der Waals surface area contributed by atoms with Crippen LogP contribution in [0, 0.1) is 5.92 Å². The van der Waals surface area contributed by atoms with Gasteiger partial charge < -0.3 is 15.2 Å². The van der Waals surface area contributed by atoms with Crippen molar-refractivity contribution in [2.75, 3.05) is 31.2 Å². The number of rotatable bonds is 11. The molecule has 0 saturated heterocycles. The van der Waals surface area contributed by atoms with Gasteiger partial charge in [-0.3, -0.25) is 4.79 Å². The van der Waals surface area contributed by atoms with Gasteiger partial charge in [0, 0.05) is 25.4 Å². The van der Waals surface area contributed by atoms with Gasteiger partial charge in [-0.2, -0.15) is 11.8 Å². The van der Waals surface area contributed by atoms with E-state index in [2.05, 4.69) is 5.32 Å². The van der Waals surface area contributed by atoms with Crippen molar-refractivity contribution in [3.63, 3.8) is 0 Å². The number of ether oxygens (including phenoxy) is 1. The molecule has 0 fully saturated rings. The molecular weight excluding hydrogens is 286 g/mol. The minimum atomic E-state index is -0.167. The molecular formula is C16H25NO3S. The zero-order chi connectivity index (χ0) is 15.3. The summed E-state index contributed by atoms with van der Waals surface area (Å²) in [4.78, 5) is 11.8. The summed E-state index contributed by atoms with van der Waals surface area (Å²) in [5.74, 6) is 1.66. The molecule has 0 bridgehead atoms. The Balaban J connectivity index is 2.06. The summed E-state index contributed by atoms with van der Waals surface area (Å²) in [6.07, 6.45) is 0.840. The SMILES string of the molecule is CC(CNCCSCCCO)C(=O)OCc1ccccc1. The number of benzene rings is 1. The Hall–Kier alpha value is -1.04. The zero-order valence-corrected chi connectivity index (χ0v) is 13.4. The van der Waals surface area contributed by atoms with Crippen LogP contribution in [-0.2, 0) is 16.1 Å². The molecule has 1 rings (SSSR count). The van der Waals surface area contributed by atoms with Crippen LogP contribution in [0.25, 0.3) is 0 Å². The van der Waals surface area contributed by atoms with Crippen molar-refractivity contribution in [3.05, 3.63) is 35.9 Å². The first kappa shape index (κ1) is 18.0. The largest absolute Gasteiger partial charge is 0.461 e. The lowest BCUT2D eigenvalue weighted by atomic mass is 10.2. The van der Waals surface area contributed by atoms with Crippen LogP contribution < -0.4 is 5.32 Å². The smallest absolute Gasteiger partial charge is 0.310 e. The normalized spacial score (nSPS) is 12.1. The molecule has 5 heteroatoms. The maximum absolute atomic E-state index is 11.8. The summed E-state index contributed by atoms with van der Waals surface area (Å²) in [5.41, 5.74) is 1.01. The lowest BCUT2D eigenvalue weighted by Gasteiger charge is -2.12. The molecule has 1 atom stereocenters. The highest BCUT2D eigenvalue weighted by atomic mass is 32.2. The van der Waals surface area contributed by atoms with Crippen LogP contribution in [-0.4, -0.2) is 42.3 Å². The Bertz CT molecular complexity index is 386. The molecule has 0 aliphatic heterocycles. The number of nitrogens with one attached hydrogen (secondary N) is 1. The minimum absolute atomic E-state index is 0.142. The van der Waals surface area contributed by atoms with Gasteiger partial charge in [0.15, 0.2) is 0 Å². The molecule has 2 N–H and O–H groups in total. The molecule has 4 nitrogen and oxygen atoms in total. The Morgan fingerprint density at radius 1 is 1.33 bits per heavy atom. The van der Waals surface area contributed by atoms with Crippen LogP contribution >= 0.6 is 11.8 Å². The van der Waals surface area contributed by atoms with E-state index in [0.717, 1.165) is 30.0 Å². The van der Waals surface area contributed by atoms with Gasteiger partial charge in [0.1, 0.15) is 6.61 Å². The number of carbonyl (C=O) groups is 1. The summed E-state index contributed by atoms with van der Waals surface area (Å²) in [6.45, 7) is 3.96. The van der Waals surface area contributed by atoms with Gasteiger partial charge in [0.25, 0.3) is 0 Å². The van der Waals surface area contributed by atoms with E-state index in [1.165, 1.54) is 0 Å². The van der Waals surface area contributed by atoms with Gasteiger partial charge in [-0.25, -0.2) is 0 Å². The lowest BCUT2D eigenvalue weighted by molar-refractivity contribution is -0.149.